The van der Waals surface area contributed by atoms with Crippen LogP contribution in [0.15, 0.2) is 34.9 Å². The average molecular weight is 1360 g/mol. The Morgan fingerprint density at radius 1 is 0.330 bits per heavy atom. The van der Waals surface area contributed by atoms with Crippen LogP contribution in [-0.2, 0) is 104 Å². The molecule has 0 aromatic rings. The van der Waals surface area contributed by atoms with Crippen LogP contribution in [0.4, 0.5) is 0 Å². The van der Waals surface area contributed by atoms with E-state index in [1.165, 1.54) is 27.7 Å². The van der Waals surface area contributed by atoms with Crippen molar-refractivity contribution in [1.29, 1.82) is 0 Å². The van der Waals surface area contributed by atoms with Gasteiger partial charge in [-0.1, -0.05) is 34.9 Å². The molecule has 30 atom stereocenters. The SMILES string of the molecule is CC(=O)OCC1OC(OC/C=C(\C)CC/C=C(\C)CC/C=C(\C)COC2OC(COC(C)=O)C(O)C(OC3OC(C)C(OC4OC(C)C(O)C(OC(C)=O)C4OC(C)=O)C(O)C3O)C2O)C(O)C(OC2OC(C)C(OC3OC(C)C(O)C(O)C3OC(C)=O)C(O)C2O)C1O. The van der Waals surface area contributed by atoms with E-state index in [1.807, 2.05) is 19.9 Å². The Kier molecular flexibility index (Phi) is 30.1. The van der Waals surface area contributed by atoms with Crippen LogP contribution < -0.4 is 0 Å². The fourth-order valence-corrected chi connectivity index (χ4v) is 11.3. The maximum atomic E-state index is 12.1. The third-order valence-electron chi connectivity index (χ3n) is 16.6. The second kappa shape index (κ2) is 35.9. The first kappa shape index (κ1) is 78.6. The van der Waals surface area contributed by atoms with Gasteiger partial charge in [-0.05, 0) is 74.1 Å². The molecule has 94 heavy (non-hydrogen) atoms. The molecule has 6 fully saturated rings. The molecule has 11 N–H and O–H groups in total. The quantitative estimate of drug-likeness (QED) is 0.0226. The Balaban J connectivity index is 0.987. The van der Waals surface area contributed by atoms with E-state index in [2.05, 4.69) is 6.08 Å². The Hall–Kier alpha value is -4.35. The Labute approximate surface area is 543 Å². The van der Waals surface area contributed by atoms with E-state index in [4.69, 9.17) is 80.5 Å². The summed E-state index contributed by atoms with van der Waals surface area (Å²) in [5.74, 6) is -3.87. The summed E-state index contributed by atoms with van der Waals surface area (Å²) in [5, 5.41) is 123. The van der Waals surface area contributed by atoms with Crippen molar-refractivity contribution in [3.63, 3.8) is 0 Å². The number of carbonyl (C=O) groups is 5. The van der Waals surface area contributed by atoms with Crippen molar-refractivity contribution in [1.82, 2.24) is 0 Å². The minimum absolute atomic E-state index is 0.0787. The lowest BCUT2D eigenvalue weighted by atomic mass is 9.96. The van der Waals surface area contributed by atoms with E-state index >= 15 is 0 Å². The van der Waals surface area contributed by atoms with Crippen LogP contribution in [0.2, 0.25) is 0 Å². The van der Waals surface area contributed by atoms with Crippen LogP contribution >= 0.6 is 0 Å². The van der Waals surface area contributed by atoms with Crippen LogP contribution in [0, 0.1) is 0 Å². The summed E-state index contributed by atoms with van der Waals surface area (Å²) in [6.07, 6.45) is -37.6. The molecular weight excluding hydrogens is 1260 g/mol. The van der Waals surface area contributed by atoms with Gasteiger partial charge in [-0.3, -0.25) is 24.0 Å². The Morgan fingerprint density at radius 2 is 0.702 bits per heavy atom. The molecule has 6 rings (SSSR count). The highest BCUT2D eigenvalue weighted by molar-refractivity contribution is 5.68. The van der Waals surface area contributed by atoms with E-state index < -0.39 is 227 Å². The average Bonchev–Trinajstić information content (AvgIpc) is 0.790. The maximum Gasteiger partial charge on any atom is 0.303 e. The van der Waals surface area contributed by atoms with Crippen LogP contribution in [0.25, 0.3) is 0 Å². The summed E-state index contributed by atoms with van der Waals surface area (Å²) < 4.78 is 96.6. The van der Waals surface area contributed by atoms with Crippen molar-refractivity contribution in [2.45, 2.75) is 293 Å². The van der Waals surface area contributed by atoms with Crippen LogP contribution in [0.5, 0.6) is 0 Å². The summed E-state index contributed by atoms with van der Waals surface area (Å²) in [5.41, 5.74) is 2.69. The van der Waals surface area contributed by atoms with Crippen LogP contribution in [-0.4, -0.2) is 297 Å². The van der Waals surface area contributed by atoms with E-state index in [9.17, 15) is 80.1 Å². The largest absolute Gasteiger partial charge is 0.463 e. The van der Waals surface area contributed by atoms with Gasteiger partial charge in [-0.2, -0.15) is 0 Å². The molecule has 33 heteroatoms. The summed E-state index contributed by atoms with van der Waals surface area (Å²) in [4.78, 5) is 59.5. The highest BCUT2D eigenvalue weighted by Crippen LogP contribution is 2.37. The molecule has 6 aliphatic rings. The molecular formula is C61H96O33. The van der Waals surface area contributed by atoms with E-state index in [0.29, 0.717) is 25.7 Å². The highest BCUT2D eigenvalue weighted by Gasteiger charge is 2.57. The maximum absolute atomic E-state index is 12.1. The van der Waals surface area contributed by atoms with Gasteiger partial charge < -0.3 is 137 Å². The lowest BCUT2D eigenvalue weighted by Gasteiger charge is -2.48. The molecule has 538 valence electrons. The summed E-state index contributed by atoms with van der Waals surface area (Å²) in [6, 6.07) is 0. The van der Waals surface area contributed by atoms with Crippen LogP contribution in [0.3, 0.4) is 0 Å². The van der Waals surface area contributed by atoms with Gasteiger partial charge in [-0.15, -0.1) is 0 Å². The number of esters is 5. The van der Waals surface area contributed by atoms with Crippen molar-refractivity contribution in [2.24, 2.45) is 0 Å². The number of aliphatic hydroxyl groups is 11. The zero-order valence-corrected chi connectivity index (χ0v) is 54.6. The van der Waals surface area contributed by atoms with Gasteiger partial charge in [0.05, 0.1) is 37.6 Å². The predicted octanol–water partition coefficient (Wildman–Crippen LogP) is -2.72. The fraction of sp³-hybridized carbons (Fsp3) is 0.820. The number of ether oxygens (including phenoxy) is 17. The zero-order valence-electron chi connectivity index (χ0n) is 54.6. The van der Waals surface area contributed by atoms with Gasteiger partial charge in [0.15, 0.2) is 56.1 Å². The van der Waals surface area contributed by atoms with Gasteiger partial charge in [0.2, 0.25) is 0 Å². The molecule has 0 amide bonds. The topological polar surface area (TPSA) is 465 Å². The van der Waals surface area contributed by atoms with Gasteiger partial charge in [0, 0.05) is 34.6 Å². The molecule has 0 aromatic carbocycles. The minimum atomic E-state index is -1.92. The lowest BCUT2D eigenvalue weighted by Crippen LogP contribution is -2.66. The molecule has 0 saturated carbocycles. The summed E-state index contributed by atoms with van der Waals surface area (Å²) in [7, 11) is 0. The highest BCUT2D eigenvalue weighted by atomic mass is 16.8. The molecule has 0 aliphatic carbocycles. The lowest BCUT2D eigenvalue weighted by molar-refractivity contribution is -0.375. The van der Waals surface area contributed by atoms with Gasteiger partial charge in [0.1, 0.15) is 117 Å². The molecule has 0 spiro atoms. The fourth-order valence-electron chi connectivity index (χ4n) is 11.3. The Bertz CT molecular complexity index is 2550. The number of hydrogen-bond donors (Lipinski definition) is 11. The minimum Gasteiger partial charge on any atom is -0.463 e. The molecule has 30 unspecified atom stereocenters. The second-order valence-electron chi connectivity index (χ2n) is 24.4. The summed E-state index contributed by atoms with van der Waals surface area (Å²) in [6.45, 7) is 15.7. The number of hydrogen-bond acceptors (Lipinski definition) is 33. The number of aliphatic hydroxyl groups excluding tert-OH is 11. The third kappa shape index (κ3) is 21.1. The van der Waals surface area contributed by atoms with E-state index in [1.54, 1.807) is 13.0 Å². The number of carbonyl (C=O) groups excluding carboxylic acids is 5. The molecule has 0 bridgehead atoms. The first-order valence-electron chi connectivity index (χ1n) is 31.2. The molecule has 6 saturated heterocycles. The number of allylic oxidation sites excluding steroid dienone is 4. The van der Waals surface area contributed by atoms with Crippen molar-refractivity contribution < 1.29 is 161 Å². The standard InChI is InChI=1S/C61H96O33/c1-24(15-13-17-25(2)19-20-78-56-47(76)51(40(69)36(89-56)22-79-31(8)62)93-58-45(74)43(72)49(29(6)84-58)91-60-54(87-34(11)65)42(71)38(67)27(4)82-60)16-14-18-26(3)21-81-57-48(77)52(41(70)37(90-57)23-80-32(9)63)94-59-46(75)44(73)50(30(7)85-59)92-61-55(88-35(12)66)53(86-33(10)64)39(68)28(5)83-61/h15,18-19,27-30,36-61,67-77H,13-14,16-17,20-23H2,1-12H3/b24-15+,25-19+,26-18+. The predicted molar refractivity (Wildman–Crippen MR) is 312 cm³/mol. The zero-order chi connectivity index (χ0) is 69.7. The molecule has 6 aliphatic heterocycles. The Morgan fingerprint density at radius 3 is 1.16 bits per heavy atom. The normalized spacial score (nSPS) is 41.7. The van der Waals surface area contributed by atoms with Crippen molar-refractivity contribution >= 4 is 29.8 Å². The third-order valence-corrected chi connectivity index (χ3v) is 16.6. The second-order valence-corrected chi connectivity index (χ2v) is 24.4. The monoisotopic (exact) mass is 1360 g/mol. The van der Waals surface area contributed by atoms with Crippen molar-refractivity contribution in [2.75, 3.05) is 26.4 Å². The van der Waals surface area contributed by atoms with Gasteiger partial charge >= 0.3 is 29.8 Å². The van der Waals surface area contributed by atoms with Crippen molar-refractivity contribution in [3.8, 4) is 0 Å². The number of rotatable bonds is 27. The van der Waals surface area contributed by atoms with E-state index in [0.717, 1.165) is 51.3 Å². The first-order chi connectivity index (χ1) is 44.2. The smallest absolute Gasteiger partial charge is 0.303 e. The molecule has 0 radical (unpaired) electrons. The molecule has 0 aromatic heterocycles. The van der Waals surface area contributed by atoms with Gasteiger partial charge in [0.25, 0.3) is 0 Å². The van der Waals surface area contributed by atoms with Crippen LogP contribution in [0.1, 0.15) is 109 Å². The van der Waals surface area contributed by atoms with Crippen molar-refractivity contribution in [3.05, 3.63) is 34.9 Å². The van der Waals surface area contributed by atoms with E-state index in [-0.39, 0.29) is 13.2 Å². The summed E-state index contributed by atoms with van der Waals surface area (Å²) >= 11 is 0. The first-order valence-corrected chi connectivity index (χ1v) is 31.2. The molecule has 6 heterocycles. The van der Waals surface area contributed by atoms with Gasteiger partial charge in [-0.25, -0.2) is 0 Å². The molecule has 33 nitrogen and oxygen atoms in total.